The van der Waals surface area contributed by atoms with Gasteiger partial charge in [-0.2, -0.15) is 0 Å². The molecule has 0 amide bonds. The van der Waals surface area contributed by atoms with Crippen molar-refractivity contribution < 1.29 is 0 Å². The number of rotatable bonds is 5. The molecule has 1 nitrogen and oxygen atoms in total. The summed E-state index contributed by atoms with van der Waals surface area (Å²) in [6, 6.07) is 1.33. The van der Waals surface area contributed by atoms with E-state index in [1.54, 1.807) is 11.3 Å². The Morgan fingerprint density at radius 3 is 3.09 bits per heavy atom. The summed E-state index contributed by atoms with van der Waals surface area (Å²) in [5, 5.41) is 2.06. The molecule has 1 aromatic heterocycles. The molecule has 1 rings (SSSR count). The first-order valence-corrected chi connectivity index (χ1v) is 6.15. The van der Waals surface area contributed by atoms with E-state index in [1.807, 2.05) is 6.20 Å². The quantitative estimate of drug-likeness (QED) is 0.503. The molecule has 1 heterocycles. The van der Waals surface area contributed by atoms with Gasteiger partial charge in [0.25, 0.3) is 0 Å². The van der Waals surface area contributed by atoms with Gasteiger partial charge in [-0.05, 0) is 0 Å². The summed E-state index contributed by atoms with van der Waals surface area (Å²) in [5.74, 6) is 0. The summed E-state index contributed by atoms with van der Waals surface area (Å²) >= 11 is 1.78. The molecule has 2 radical (unpaired) electrons. The van der Waals surface area contributed by atoms with Crippen LogP contribution >= 0.6 is 11.3 Å². The van der Waals surface area contributed by atoms with Crippen LogP contribution in [-0.2, 0) is 0 Å². The van der Waals surface area contributed by atoms with E-state index in [0.29, 0.717) is 0 Å². The van der Waals surface area contributed by atoms with Crippen molar-refractivity contribution in [1.29, 1.82) is 0 Å². The zero-order chi connectivity index (χ0) is 7.94. The number of aromatic nitrogens is 1. The first-order valence-electron chi connectivity index (χ1n) is 4.07. The van der Waals surface area contributed by atoms with Gasteiger partial charge in [0.2, 0.25) is 0 Å². The van der Waals surface area contributed by atoms with Gasteiger partial charge in [-0.25, -0.2) is 0 Å². The predicted octanol–water partition coefficient (Wildman–Crippen LogP) is 2.08. The van der Waals surface area contributed by atoms with Crippen LogP contribution in [0.1, 0.15) is 26.2 Å². The van der Waals surface area contributed by atoms with Gasteiger partial charge in [0.1, 0.15) is 9.52 Å². The van der Waals surface area contributed by atoms with Gasteiger partial charge in [-0.1, -0.05) is 32.2 Å². The summed E-state index contributed by atoms with van der Waals surface area (Å²) in [5.41, 5.74) is 0. The van der Waals surface area contributed by atoms with Crippen molar-refractivity contribution in [2.75, 3.05) is 0 Å². The second-order valence-corrected chi connectivity index (χ2v) is 5.06. The molecule has 0 saturated carbocycles. The standard InChI is InChI=1S/C8H13NSSi/c1-2-3-4-7-11-8-9-5-6-10-8/h5-6H,2-4,7H2,1H3. The summed E-state index contributed by atoms with van der Waals surface area (Å²) < 4.78 is 1.32. The zero-order valence-electron chi connectivity index (χ0n) is 6.84. The van der Waals surface area contributed by atoms with Crippen LogP contribution in [0.2, 0.25) is 6.04 Å². The molecule has 0 fully saturated rings. The van der Waals surface area contributed by atoms with Gasteiger partial charge in [0.15, 0.2) is 0 Å². The third-order valence-corrected chi connectivity index (χ3v) is 3.90. The Balaban J connectivity index is 2.04. The molecular weight excluding hydrogens is 170 g/mol. The maximum absolute atomic E-state index is 4.24. The largest absolute Gasteiger partial charge is 0.255 e. The molecule has 0 aliphatic rings. The van der Waals surface area contributed by atoms with Crippen LogP contribution < -0.4 is 4.63 Å². The van der Waals surface area contributed by atoms with E-state index in [0.717, 1.165) is 9.52 Å². The molecule has 0 aromatic carbocycles. The van der Waals surface area contributed by atoms with Crippen LogP contribution in [0.25, 0.3) is 0 Å². The van der Waals surface area contributed by atoms with Crippen LogP contribution in [0.3, 0.4) is 0 Å². The van der Waals surface area contributed by atoms with Crippen molar-refractivity contribution in [3.05, 3.63) is 11.6 Å². The number of nitrogens with zero attached hydrogens (tertiary/aromatic N) is 1. The fraction of sp³-hybridized carbons (Fsp3) is 0.625. The van der Waals surface area contributed by atoms with Crippen LogP contribution in [0.5, 0.6) is 0 Å². The number of hydrogen-bond acceptors (Lipinski definition) is 2. The average molecular weight is 183 g/mol. The third-order valence-electron chi connectivity index (χ3n) is 1.49. The van der Waals surface area contributed by atoms with E-state index in [2.05, 4.69) is 17.3 Å². The molecule has 1 aromatic rings. The number of thiazole rings is 1. The van der Waals surface area contributed by atoms with Gasteiger partial charge >= 0.3 is 0 Å². The highest BCUT2D eigenvalue weighted by atomic mass is 32.1. The normalized spacial score (nSPS) is 10.3. The average Bonchev–Trinajstić information content (AvgIpc) is 2.50. The highest BCUT2D eigenvalue weighted by Crippen LogP contribution is 1.99. The highest BCUT2D eigenvalue weighted by Gasteiger charge is 1.95. The Morgan fingerprint density at radius 2 is 2.45 bits per heavy atom. The molecule has 0 unspecified atom stereocenters. The summed E-state index contributed by atoms with van der Waals surface area (Å²) in [4.78, 5) is 4.24. The van der Waals surface area contributed by atoms with Gasteiger partial charge < -0.3 is 0 Å². The van der Waals surface area contributed by atoms with E-state index < -0.39 is 0 Å². The molecule has 0 saturated heterocycles. The van der Waals surface area contributed by atoms with E-state index >= 15 is 0 Å². The van der Waals surface area contributed by atoms with Crippen molar-refractivity contribution in [2.45, 2.75) is 32.2 Å². The Morgan fingerprint density at radius 1 is 1.55 bits per heavy atom. The Kier molecular flexibility index (Phi) is 4.46. The summed E-state index contributed by atoms with van der Waals surface area (Å²) in [6.45, 7) is 2.24. The molecule has 0 aliphatic heterocycles. The lowest BCUT2D eigenvalue weighted by Crippen LogP contribution is -2.11. The van der Waals surface area contributed by atoms with Crippen molar-refractivity contribution in [3.8, 4) is 0 Å². The van der Waals surface area contributed by atoms with E-state index in [9.17, 15) is 0 Å². The Labute approximate surface area is 74.7 Å². The van der Waals surface area contributed by atoms with E-state index in [4.69, 9.17) is 0 Å². The van der Waals surface area contributed by atoms with Gasteiger partial charge in [-0.15, -0.1) is 11.3 Å². The number of hydrogen-bond donors (Lipinski definition) is 0. The van der Waals surface area contributed by atoms with Gasteiger partial charge in [-0.3, -0.25) is 4.98 Å². The molecule has 3 heteroatoms. The third kappa shape index (κ3) is 3.67. The van der Waals surface area contributed by atoms with Gasteiger partial charge in [0.05, 0.1) is 4.63 Å². The molecule has 11 heavy (non-hydrogen) atoms. The van der Waals surface area contributed by atoms with Crippen molar-refractivity contribution >= 4 is 25.5 Å². The first-order chi connectivity index (χ1) is 5.43. The molecule has 0 spiro atoms. The fourth-order valence-corrected chi connectivity index (χ4v) is 2.90. The topological polar surface area (TPSA) is 12.9 Å². The number of unbranched alkanes of at least 4 members (excludes halogenated alkanes) is 2. The monoisotopic (exact) mass is 183 g/mol. The molecule has 0 aliphatic carbocycles. The van der Waals surface area contributed by atoms with Crippen molar-refractivity contribution in [1.82, 2.24) is 4.98 Å². The second-order valence-electron chi connectivity index (χ2n) is 2.47. The maximum Gasteiger partial charge on any atom is 0.122 e. The molecule has 0 atom stereocenters. The predicted molar refractivity (Wildman–Crippen MR) is 51.8 cm³/mol. The first kappa shape index (κ1) is 8.94. The molecule has 60 valence electrons. The van der Waals surface area contributed by atoms with Gasteiger partial charge in [0, 0.05) is 11.6 Å². The minimum absolute atomic E-state index is 0.946. The van der Waals surface area contributed by atoms with E-state index in [1.165, 1.54) is 29.9 Å². The minimum Gasteiger partial charge on any atom is -0.255 e. The SMILES string of the molecule is CCCCC[Si]c1nccs1. The Bertz CT molecular complexity index is 174. The van der Waals surface area contributed by atoms with Crippen LogP contribution in [-0.4, -0.2) is 14.5 Å². The lowest BCUT2D eigenvalue weighted by molar-refractivity contribution is 0.769. The van der Waals surface area contributed by atoms with Crippen LogP contribution in [0.15, 0.2) is 11.6 Å². The summed E-state index contributed by atoms with van der Waals surface area (Å²) in [6.07, 6.45) is 5.96. The second kappa shape index (κ2) is 5.49. The highest BCUT2D eigenvalue weighted by molar-refractivity contribution is 7.19. The van der Waals surface area contributed by atoms with E-state index in [-0.39, 0.29) is 0 Å². The lowest BCUT2D eigenvalue weighted by atomic mass is 10.3. The lowest BCUT2D eigenvalue weighted by Gasteiger charge is -1.93. The molecular formula is C8H13NSSi. The summed E-state index contributed by atoms with van der Waals surface area (Å²) in [7, 11) is 0.946. The fourth-order valence-electron chi connectivity index (χ4n) is 0.881. The minimum atomic E-state index is 0.946. The van der Waals surface area contributed by atoms with Crippen molar-refractivity contribution in [2.24, 2.45) is 0 Å². The van der Waals surface area contributed by atoms with Crippen LogP contribution in [0, 0.1) is 0 Å². The van der Waals surface area contributed by atoms with Crippen LogP contribution in [0.4, 0.5) is 0 Å². The smallest absolute Gasteiger partial charge is 0.122 e. The maximum atomic E-state index is 4.24. The molecule has 0 bridgehead atoms. The zero-order valence-corrected chi connectivity index (χ0v) is 8.66. The van der Waals surface area contributed by atoms with Crippen molar-refractivity contribution in [3.63, 3.8) is 0 Å². The molecule has 0 N–H and O–H groups in total. The Hall–Kier alpha value is -0.153.